The van der Waals surface area contributed by atoms with Crippen molar-refractivity contribution in [2.45, 2.75) is 44.0 Å². The predicted octanol–water partition coefficient (Wildman–Crippen LogP) is 0.961. The van der Waals surface area contributed by atoms with Crippen LogP contribution in [-0.2, 0) is 16.6 Å². The van der Waals surface area contributed by atoms with Gasteiger partial charge >= 0.3 is 0 Å². The van der Waals surface area contributed by atoms with Crippen molar-refractivity contribution in [1.82, 2.24) is 19.8 Å². The van der Waals surface area contributed by atoms with E-state index in [1.807, 2.05) is 0 Å². The first-order chi connectivity index (χ1) is 9.62. The second-order valence-electron chi connectivity index (χ2n) is 5.32. The number of hydrogen-bond donors (Lipinski definition) is 2. The molecule has 0 spiro atoms. The SMILES string of the molecule is CCCNCCn1cc(S(=O)(=O)NCCC2CC2)cn1. The van der Waals surface area contributed by atoms with Crippen molar-refractivity contribution in [2.24, 2.45) is 5.92 Å². The zero-order chi connectivity index (χ0) is 14.4. The van der Waals surface area contributed by atoms with E-state index in [2.05, 4.69) is 22.1 Å². The molecule has 7 heteroatoms. The molecule has 6 nitrogen and oxygen atoms in total. The van der Waals surface area contributed by atoms with Crippen LogP contribution >= 0.6 is 0 Å². The minimum atomic E-state index is -3.40. The molecule has 2 N–H and O–H groups in total. The molecule has 1 aliphatic rings. The molecule has 0 radical (unpaired) electrons. The van der Waals surface area contributed by atoms with E-state index >= 15 is 0 Å². The van der Waals surface area contributed by atoms with Crippen molar-refractivity contribution in [3.05, 3.63) is 12.4 Å². The standard InChI is InChI=1S/C13H24N4O2S/c1-2-6-14-8-9-17-11-13(10-15-17)20(18,19)16-7-5-12-3-4-12/h10-12,14,16H,2-9H2,1H3. The molecular weight excluding hydrogens is 276 g/mol. The fourth-order valence-corrected chi connectivity index (χ4v) is 2.99. The lowest BCUT2D eigenvalue weighted by molar-refractivity contribution is 0.551. The van der Waals surface area contributed by atoms with Gasteiger partial charge in [-0.25, -0.2) is 13.1 Å². The molecular formula is C13H24N4O2S. The quantitative estimate of drug-likeness (QED) is 0.631. The zero-order valence-corrected chi connectivity index (χ0v) is 12.8. The van der Waals surface area contributed by atoms with Crippen LogP contribution in [0.5, 0.6) is 0 Å². The average Bonchev–Trinajstić information content (AvgIpc) is 3.10. The molecule has 0 bridgehead atoms. The normalized spacial score (nSPS) is 15.7. The van der Waals surface area contributed by atoms with E-state index in [0.29, 0.717) is 13.1 Å². The third-order valence-corrected chi connectivity index (χ3v) is 4.82. The van der Waals surface area contributed by atoms with E-state index in [9.17, 15) is 8.42 Å². The third kappa shape index (κ3) is 4.88. The molecule has 1 saturated carbocycles. The lowest BCUT2D eigenvalue weighted by Gasteiger charge is -2.04. The maximum Gasteiger partial charge on any atom is 0.243 e. The Bertz CT molecular complexity index is 508. The highest BCUT2D eigenvalue weighted by molar-refractivity contribution is 7.89. The molecule has 1 aromatic heterocycles. The molecule has 0 amide bonds. The maximum atomic E-state index is 12.0. The van der Waals surface area contributed by atoms with E-state index in [1.165, 1.54) is 19.0 Å². The Morgan fingerprint density at radius 1 is 1.35 bits per heavy atom. The van der Waals surface area contributed by atoms with Gasteiger partial charge < -0.3 is 5.32 Å². The molecule has 2 rings (SSSR count). The second-order valence-corrected chi connectivity index (χ2v) is 7.09. The van der Waals surface area contributed by atoms with Gasteiger partial charge in [0.15, 0.2) is 0 Å². The van der Waals surface area contributed by atoms with Crippen molar-refractivity contribution < 1.29 is 8.42 Å². The predicted molar refractivity (Wildman–Crippen MR) is 77.9 cm³/mol. The van der Waals surface area contributed by atoms with Gasteiger partial charge in [-0.3, -0.25) is 4.68 Å². The average molecular weight is 300 g/mol. The van der Waals surface area contributed by atoms with Gasteiger partial charge in [0.25, 0.3) is 0 Å². The molecule has 0 aliphatic heterocycles. The maximum absolute atomic E-state index is 12.0. The van der Waals surface area contributed by atoms with Crippen molar-refractivity contribution in [3.8, 4) is 0 Å². The van der Waals surface area contributed by atoms with Crippen LogP contribution in [0.25, 0.3) is 0 Å². The fourth-order valence-electron chi connectivity index (χ4n) is 1.99. The van der Waals surface area contributed by atoms with E-state index in [0.717, 1.165) is 31.8 Å². The van der Waals surface area contributed by atoms with E-state index in [4.69, 9.17) is 0 Å². The minimum absolute atomic E-state index is 0.254. The summed E-state index contributed by atoms with van der Waals surface area (Å²) in [5.74, 6) is 0.727. The Hall–Kier alpha value is -0.920. The molecule has 0 atom stereocenters. The first kappa shape index (κ1) is 15.5. The Morgan fingerprint density at radius 2 is 2.15 bits per heavy atom. The zero-order valence-electron chi connectivity index (χ0n) is 12.0. The van der Waals surface area contributed by atoms with Crippen molar-refractivity contribution >= 4 is 10.0 Å². The lowest BCUT2D eigenvalue weighted by atomic mass is 10.3. The van der Waals surface area contributed by atoms with E-state index in [-0.39, 0.29) is 4.90 Å². The Labute approximate surface area is 121 Å². The van der Waals surface area contributed by atoms with Crippen molar-refractivity contribution in [3.63, 3.8) is 0 Å². The minimum Gasteiger partial charge on any atom is -0.315 e. The van der Waals surface area contributed by atoms with Crippen LogP contribution in [0.15, 0.2) is 17.3 Å². The molecule has 1 aliphatic carbocycles. The van der Waals surface area contributed by atoms with Crippen LogP contribution in [0.1, 0.15) is 32.6 Å². The Morgan fingerprint density at radius 3 is 2.85 bits per heavy atom. The summed E-state index contributed by atoms with van der Waals surface area (Å²) in [7, 11) is -3.40. The van der Waals surface area contributed by atoms with Gasteiger partial charge in [0, 0.05) is 19.3 Å². The number of hydrogen-bond acceptors (Lipinski definition) is 4. The van der Waals surface area contributed by atoms with Gasteiger partial charge in [0.2, 0.25) is 10.0 Å². The summed E-state index contributed by atoms with van der Waals surface area (Å²) in [6.07, 6.45) is 7.51. The van der Waals surface area contributed by atoms with Crippen LogP contribution in [0.3, 0.4) is 0 Å². The monoisotopic (exact) mass is 300 g/mol. The summed E-state index contributed by atoms with van der Waals surface area (Å²) in [5.41, 5.74) is 0. The summed E-state index contributed by atoms with van der Waals surface area (Å²) in [6, 6.07) is 0. The molecule has 1 aromatic rings. The van der Waals surface area contributed by atoms with Gasteiger partial charge in [0.05, 0.1) is 12.7 Å². The van der Waals surface area contributed by atoms with E-state index in [1.54, 1.807) is 10.9 Å². The number of nitrogens with zero attached hydrogens (tertiary/aromatic N) is 2. The Balaban J connectivity index is 1.79. The van der Waals surface area contributed by atoms with Crippen LogP contribution in [0, 0.1) is 5.92 Å². The first-order valence-corrected chi connectivity index (χ1v) is 8.83. The highest BCUT2D eigenvalue weighted by atomic mass is 32.2. The summed E-state index contributed by atoms with van der Waals surface area (Å²) >= 11 is 0. The van der Waals surface area contributed by atoms with Crippen molar-refractivity contribution in [2.75, 3.05) is 19.6 Å². The van der Waals surface area contributed by atoms with Gasteiger partial charge in [0.1, 0.15) is 4.90 Å². The molecule has 1 fully saturated rings. The van der Waals surface area contributed by atoms with Gasteiger partial charge in [-0.05, 0) is 25.3 Å². The second kappa shape index (κ2) is 7.19. The molecule has 20 heavy (non-hydrogen) atoms. The number of aromatic nitrogens is 2. The van der Waals surface area contributed by atoms with E-state index < -0.39 is 10.0 Å². The van der Waals surface area contributed by atoms with Gasteiger partial charge in [-0.2, -0.15) is 5.10 Å². The number of nitrogens with one attached hydrogen (secondary N) is 2. The van der Waals surface area contributed by atoms with Crippen LogP contribution in [0.2, 0.25) is 0 Å². The summed E-state index contributed by atoms with van der Waals surface area (Å²) < 4.78 is 28.4. The molecule has 0 unspecified atom stereocenters. The summed E-state index contributed by atoms with van der Waals surface area (Å²) in [4.78, 5) is 0.254. The van der Waals surface area contributed by atoms with Gasteiger partial charge in [-0.1, -0.05) is 19.8 Å². The largest absolute Gasteiger partial charge is 0.315 e. The third-order valence-electron chi connectivity index (χ3n) is 3.41. The molecule has 0 aromatic carbocycles. The smallest absolute Gasteiger partial charge is 0.243 e. The van der Waals surface area contributed by atoms with Crippen molar-refractivity contribution in [1.29, 1.82) is 0 Å². The first-order valence-electron chi connectivity index (χ1n) is 7.34. The van der Waals surface area contributed by atoms with Crippen LogP contribution in [-0.4, -0.2) is 37.8 Å². The highest BCUT2D eigenvalue weighted by Crippen LogP contribution is 2.31. The fraction of sp³-hybridized carbons (Fsp3) is 0.769. The highest BCUT2D eigenvalue weighted by Gasteiger charge is 2.22. The van der Waals surface area contributed by atoms with Crippen LogP contribution < -0.4 is 10.0 Å². The molecule has 1 heterocycles. The number of sulfonamides is 1. The molecule has 114 valence electrons. The van der Waals surface area contributed by atoms with Crippen LogP contribution in [0.4, 0.5) is 0 Å². The molecule has 0 saturated heterocycles. The summed E-state index contributed by atoms with van der Waals surface area (Å²) in [5, 5.41) is 7.35. The Kier molecular flexibility index (Phi) is 5.56. The van der Waals surface area contributed by atoms with Gasteiger partial charge in [-0.15, -0.1) is 0 Å². The lowest BCUT2D eigenvalue weighted by Crippen LogP contribution is -2.25. The number of rotatable bonds is 10. The topological polar surface area (TPSA) is 76.0 Å². The summed E-state index contributed by atoms with van der Waals surface area (Å²) in [6.45, 7) is 5.08.